The summed E-state index contributed by atoms with van der Waals surface area (Å²) in [6.07, 6.45) is 6.03. The third kappa shape index (κ3) is 22.9. The van der Waals surface area contributed by atoms with Crippen molar-refractivity contribution >= 4 is 17.7 Å². The van der Waals surface area contributed by atoms with Crippen LogP contribution in [0.3, 0.4) is 0 Å². The second-order valence-electron chi connectivity index (χ2n) is 8.89. The largest absolute Gasteiger partial charge is 0.463 e. The van der Waals surface area contributed by atoms with Gasteiger partial charge in [0.05, 0.1) is 79.3 Å². The molecule has 0 saturated carbocycles. The third-order valence-corrected chi connectivity index (χ3v) is 5.52. The van der Waals surface area contributed by atoms with Crippen molar-refractivity contribution in [3.63, 3.8) is 0 Å². The van der Waals surface area contributed by atoms with Crippen LogP contribution >= 0.6 is 0 Å². The minimum atomic E-state index is -0.898. The topological polar surface area (TPSA) is 125 Å². The molecule has 11 heteroatoms. The van der Waals surface area contributed by atoms with Crippen molar-refractivity contribution in [3.05, 3.63) is 35.9 Å². The summed E-state index contributed by atoms with van der Waals surface area (Å²) < 4.78 is 42.4. The molecule has 41 heavy (non-hydrogen) atoms. The number of benzene rings is 1. The zero-order chi connectivity index (χ0) is 29.6. The Kier molecular flexibility index (Phi) is 24.8. The molecular formula is C30H48O11. The van der Waals surface area contributed by atoms with E-state index in [-0.39, 0.29) is 25.8 Å². The second-order valence-corrected chi connectivity index (χ2v) is 8.89. The number of hydrogen-bond acceptors (Lipinski definition) is 11. The number of ether oxygens (including phenoxy) is 8. The summed E-state index contributed by atoms with van der Waals surface area (Å²) >= 11 is 0. The van der Waals surface area contributed by atoms with Crippen LogP contribution in [0.5, 0.6) is 0 Å². The van der Waals surface area contributed by atoms with Crippen LogP contribution in [0.2, 0.25) is 0 Å². The van der Waals surface area contributed by atoms with Crippen molar-refractivity contribution in [2.24, 2.45) is 0 Å². The van der Waals surface area contributed by atoms with E-state index < -0.39 is 11.8 Å². The normalized spacial score (nSPS) is 11.0. The molecule has 234 valence electrons. The Bertz CT molecular complexity index is 773. The smallest absolute Gasteiger partial charge is 0.379 e. The summed E-state index contributed by atoms with van der Waals surface area (Å²) in [5.41, 5.74) is 0.295. The fourth-order valence-corrected chi connectivity index (χ4v) is 3.33. The first-order valence-corrected chi connectivity index (χ1v) is 14.5. The zero-order valence-electron chi connectivity index (χ0n) is 24.5. The summed E-state index contributed by atoms with van der Waals surface area (Å²) in [6, 6.07) is 8.25. The standard InChI is InChI=1S/C30H48O11/c1-2-3-4-5-9-12-28(31)40-25-23-38-21-19-36-17-15-34-13-14-35-16-18-37-20-22-39-24-26-41-30(33)29(32)27-10-7-6-8-11-27/h6-8,10-11H,2-5,9,12-26H2,1H3. The second kappa shape index (κ2) is 27.7. The maximum Gasteiger partial charge on any atom is 0.379 e. The summed E-state index contributed by atoms with van der Waals surface area (Å²) in [6.45, 7) is 7.27. The Morgan fingerprint density at radius 2 is 0.927 bits per heavy atom. The average Bonchev–Trinajstić information content (AvgIpc) is 2.99. The van der Waals surface area contributed by atoms with Crippen LogP contribution in [0.25, 0.3) is 0 Å². The van der Waals surface area contributed by atoms with E-state index in [1.54, 1.807) is 30.3 Å². The number of ketones is 1. The van der Waals surface area contributed by atoms with Gasteiger partial charge in [0, 0.05) is 12.0 Å². The van der Waals surface area contributed by atoms with Crippen LogP contribution in [0, 0.1) is 0 Å². The van der Waals surface area contributed by atoms with Crippen LogP contribution in [0.4, 0.5) is 0 Å². The van der Waals surface area contributed by atoms with Gasteiger partial charge >= 0.3 is 11.9 Å². The number of rotatable bonds is 29. The molecule has 0 fully saturated rings. The lowest BCUT2D eigenvalue weighted by molar-refractivity contribution is -0.145. The van der Waals surface area contributed by atoms with E-state index in [0.29, 0.717) is 84.7 Å². The maximum atomic E-state index is 11.9. The summed E-state index contributed by atoms with van der Waals surface area (Å²) in [7, 11) is 0. The van der Waals surface area contributed by atoms with Gasteiger partial charge in [0.25, 0.3) is 5.78 Å². The van der Waals surface area contributed by atoms with E-state index in [1.807, 2.05) is 0 Å². The first-order chi connectivity index (χ1) is 20.1. The molecule has 0 aliphatic heterocycles. The van der Waals surface area contributed by atoms with Gasteiger partial charge in [-0.2, -0.15) is 0 Å². The van der Waals surface area contributed by atoms with Crippen LogP contribution < -0.4 is 0 Å². The molecule has 0 amide bonds. The predicted octanol–water partition coefficient (Wildman–Crippen LogP) is 3.42. The summed E-state index contributed by atoms with van der Waals surface area (Å²) in [5.74, 6) is -1.73. The lowest BCUT2D eigenvalue weighted by Crippen LogP contribution is -2.20. The van der Waals surface area contributed by atoms with Gasteiger partial charge in [0.15, 0.2) is 0 Å². The number of unbranched alkanes of at least 4 members (excludes halogenated alkanes) is 4. The van der Waals surface area contributed by atoms with Gasteiger partial charge in [-0.25, -0.2) is 4.79 Å². The Balaban J connectivity index is 1.72. The van der Waals surface area contributed by atoms with E-state index in [0.717, 1.165) is 12.8 Å². The van der Waals surface area contributed by atoms with E-state index >= 15 is 0 Å². The maximum absolute atomic E-state index is 11.9. The van der Waals surface area contributed by atoms with Gasteiger partial charge in [-0.1, -0.05) is 62.9 Å². The molecule has 0 radical (unpaired) electrons. The summed E-state index contributed by atoms with van der Waals surface area (Å²) in [4.78, 5) is 35.1. The number of carbonyl (C=O) groups excluding carboxylic acids is 3. The molecule has 1 aromatic carbocycles. The minimum Gasteiger partial charge on any atom is -0.463 e. The van der Waals surface area contributed by atoms with Crippen molar-refractivity contribution in [2.75, 3.05) is 92.5 Å². The monoisotopic (exact) mass is 584 g/mol. The Morgan fingerprint density at radius 1 is 0.512 bits per heavy atom. The van der Waals surface area contributed by atoms with E-state index in [9.17, 15) is 14.4 Å². The molecule has 1 aromatic rings. The molecule has 0 atom stereocenters. The molecule has 11 nitrogen and oxygen atoms in total. The highest BCUT2D eigenvalue weighted by molar-refractivity contribution is 6.40. The molecule has 0 aromatic heterocycles. The fraction of sp³-hybridized carbons (Fsp3) is 0.700. The van der Waals surface area contributed by atoms with Gasteiger partial charge in [0.1, 0.15) is 13.2 Å². The predicted molar refractivity (Wildman–Crippen MR) is 151 cm³/mol. The highest BCUT2D eigenvalue weighted by Gasteiger charge is 2.17. The Labute approximate surface area is 244 Å². The molecule has 0 heterocycles. The lowest BCUT2D eigenvalue weighted by atomic mass is 10.1. The highest BCUT2D eigenvalue weighted by Crippen LogP contribution is 2.05. The Hall–Kier alpha value is -2.41. The molecule has 0 aliphatic carbocycles. The first-order valence-electron chi connectivity index (χ1n) is 14.5. The lowest BCUT2D eigenvalue weighted by Gasteiger charge is -2.09. The van der Waals surface area contributed by atoms with Gasteiger partial charge in [0.2, 0.25) is 0 Å². The van der Waals surface area contributed by atoms with Crippen molar-refractivity contribution in [1.29, 1.82) is 0 Å². The summed E-state index contributed by atoms with van der Waals surface area (Å²) in [5, 5.41) is 0. The van der Waals surface area contributed by atoms with Crippen molar-refractivity contribution in [3.8, 4) is 0 Å². The number of Topliss-reactive ketones (excluding diaryl/α,β-unsaturated/α-hetero) is 1. The van der Waals surface area contributed by atoms with Crippen molar-refractivity contribution < 1.29 is 52.3 Å². The molecule has 0 unspecified atom stereocenters. The van der Waals surface area contributed by atoms with E-state index in [2.05, 4.69) is 6.92 Å². The molecule has 0 saturated heterocycles. The number of esters is 2. The first kappa shape index (κ1) is 36.6. The average molecular weight is 585 g/mol. The fourth-order valence-electron chi connectivity index (χ4n) is 3.33. The van der Waals surface area contributed by atoms with Crippen molar-refractivity contribution in [1.82, 2.24) is 0 Å². The van der Waals surface area contributed by atoms with Crippen molar-refractivity contribution in [2.45, 2.75) is 45.4 Å². The Morgan fingerprint density at radius 3 is 1.39 bits per heavy atom. The van der Waals surface area contributed by atoms with Crippen LogP contribution in [0.15, 0.2) is 30.3 Å². The SMILES string of the molecule is CCCCCCCC(=O)OCCOCCOCCOCCOCCOCCOCCOC(=O)C(=O)c1ccccc1. The highest BCUT2D eigenvalue weighted by atomic mass is 16.6. The zero-order valence-corrected chi connectivity index (χ0v) is 24.5. The quantitative estimate of drug-likeness (QED) is 0.0595. The van der Waals surface area contributed by atoms with Gasteiger partial charge < -0.3 is 37.9 Å². The van der Waals surface area contributed by atoms with Gasteiger partial charge in [-0.05, 0) is 6.42 Å². The number of hydrogen-bond donors (Lipinski definition) is 0. The molecule has 0 aliphatic rings. The van der Waals surface area contributed by atoms with E-state index in [1.165, 1.54) is 19.3 Å². The molecule has 1 rings (SSSR count). The molecule has 0 N–H and O–H groups in total. The van der Waals surface area contributed by atoms with Gasteiger partial charge in [-0.15, -0.1) is 0 Å². The minimum absolute atomic E-state index is 0.00264. The van der Waals surface area contributed by atoms with Gasteiger partial charge in [-0.3, -0.25) is 9.59 Å². The van der Waals surface area contributed by atoms with Crippen LogP contribution in [-0.2, 0) is 47.5 Å². The van der Waals surface area contributed by atoms with Crippen LogP contribution in [0.1, 0.15) is 55.8 Å². The molecule has 0 spiro atoms. The molecular weight excluding hydrogens is 536 g/mol. The number of carbonyl (C=O) groups is 3. The third-order valence-electron chi connectivity index (χ3n) is 5.52. The van der Waals surface area contributed by atoms with E-state index in [4.69, 9.17) is 37.9 Å². The van der Waals surface area contributed by atoms with Crippen LogP contribution in [-0.4, -0.2) is 110 Å². The molecule has 0 bridgehead atoms.